The summed E-state index contributed by atoms with van der Waals surface area (Å²) in [7, 11) is 0. The van der Waals surface area contributed by atoms with Crippen molar-refractivity contribution in [2.45, 2.75) is 25.3 Å². The van der Waals surface area contributed by atoms with Gasteiger partial charge in [-0.15, -0.1) is 0 Å². The summed E-state index contributed by atoms with van der Waals surface area (Å²) in [6.45, 7) is 0.791. The Morgan fingerprint density at radius 3 is 2.74 bits per heavy atom. The van der Waals surface area contributed by atoms with Gasteiger partial charge in [0.15, 0.2) is 0 Å². The molecular formula is C13H16BrN3OS. The number of rotatable bonds is 3. The zero-order chi connectivity index (χ0) is 14.0. The molecule has 4 nitrogen and oxygen atoms in total. The molecule has 6 heteroatoms. The largest absolute Gasteiger partial charge is 0.389 e. The van der Waals surface area contributed by atoms with E-state index in [1.54, 1.807) is 0 Å². The lowest BCUT2D eigenvalue weighted by molar-refractivity contribution is -0.119. The number of hydrogen-bond acceptors (Lipinski definition) is 3. The lowest BCUT2D eigenvalue weighted by atomic mass is 9.99. The quantitative estimate of drug-likeness (QED) is 0.824. The molecule has 0 bridgehead atoms. The Morgan fingerprint density at radius 2 is 2.11 bits per heavy atom. The molecule has 0 saturated carbocycles. The van der Waals surface area contributed by atoms with E-state index in [1.807, 2.05) is 23.1 Å². The van der Waals surface area contributed by atoms with Crippen molar-refractivity contribution in [1.82, 2.24) is 0 Å². The average molecular weight is 342 g/mol. The van der Waals surface area contributed by atoms with Gasteiger partial charge in [0.1, 0.15) is 11.0 Å². The van der Waals surface area contributed by atoms with Gasteiger partial charge in [-0.25, -0.2) is 0 Å². The highest BCUT2D eigenvalue weighted by Gasteiger charge is 2.29. The summed E-state index contributed by atoms with van der Waals surface area (Å²) < 4.78 is 0.839. The Balaban J connectivity index is 2.47. The Bertz CT molecular complexity index is 521. The Kier molecular flexibility index (Phi) is 4.42. The molecule has 2 rings (SSSR count). The molecule has 1 amide bonds. The van der Waals surface area contributed by atoms with Crippen molar-refractivity contribution in [1.29, 1.82) is 0 Å². The van der Waals surface area contributed by atoms with Crippen LogP contribution < -0.4 is 16.4 Å². The molecule has 4 N–H and O–H groups in total. The summed E-state index contributed by atoms with van der Waals surface area (Å²) in [6, 6.07) is 5.45. The number of nitrogens with two attached hydrogens (primary N) is 2. The third kappa shape index (κ3) is 2.90. The van der Waals surface area contributed by atoms with Crippen LogP contribution in [0.1, 0.15) is 24.8 Å². The van der Waals surface area contributed by atoms with Crippen LogP contribution in [-0.4, -0.2) is 23.5 Å². The third-order valence-corrected chi connectivity index (χ3v) is 4.24. The fourth-order valence-corrected chi connectivity index (χ4v) is 3.43. The smallest absolute Gasteiger partial charge is 0.240 e. The predicted octanol–water partition coefficient (Wildman–Crippen LogP) is 1.93. The van der Waals surface area contributed by atoms with Gasteiger partial charge >= 0.3 is 0 Å². The van der Waals surface area contributed by atoms with E-state index < -0.39 is 0 Å². The molecule has 0 spiro atoms. The van der Waals surface area contributed by atoms with Gasteiger partial charge in [-0.05, 0) is 47.3 Å². The molecule has 1 saturated heterocycles. The summed E-state index contributed by atoms with van der Waals surface area (Å²) in [5.74, 6) is -0.298. The summed E-state index contributed by atoms with van der Waals surface area (Å²) >= 11 is 8.58. The van der Waals surface area contributed by atoms with Crippen LogP contribution >= 0.6 is 28.1 Å². The Labute approximate surface area is 126 Å². The van der Waals surface area contributed by atoms with E-state index in [1.165, 1.54) is 0 Å². The molecule has 1 atom stereocenters. The number of thiocarbonyl (C=S) groups is 1. The summed E-state index contributed by atoms with van der Waals surface area (Å²) in [4.78, 5) is 13.9. The van der Waals surface area contributed by atoms with Gasteiger partial charge in [0, 0.05) is 22.3 Å². The van der Waals surface area contributed by atoms with E-state index in [0.717, 1.165) is 41.5 Å². The second kappa shape index (κ2) is 5.88. The molecule has 19 heavy (non-hydrogen) atoms. The van der Waals surface area contributed by atoms with Gasteiger partial charge in [-0.3, -0.25) is 4.79 Å². The summed E-state index contributed by atoms with van der Waals surface area (Å²) in [5, 5.41) is 0. The van der Waals surface area contributed by atoms with Crippen LogP contribution in [-0.2, 0) is 4.79 Å². The zero-order valence-corrected chi connectivity index (χ0v) is 12.8. The lowest BCUT2D eigenvalue weighted by Crippen LogP contribution is -2.48. The fourth-order valence-electron chi connectivity index (χ4n) is 2.51. The Morgan fingerprint density at radius 1 is 1.37 bits per heavy atom. The second-order valence-corrected chi connectivity index (χ2v) is 5.90. The first-order valence-electron chi connectivity index (χ1n) is 6.16. The van der Waals surface area contributed by atoms with Crippen molar-refractivity contribution in [2.75, 3.05) is 11.4 Å². The van der Waals surface area contributed by atoms with E-state index in [4.69, 9.17) is 23.7 Å². The first kappa shape index (κ1) is 14.3. The molecule has 102 valence electrons. The number of anilines is 1. The fraction of sp³-hybridized carbons (Fsp3) is 0.385. The SMILES string of the molecule is NC(=O)C1CCCCN1c1cccc(Br)c1C(N)=S. The van der Waals surface area contributed by atoms with Gasteiger partial charge in [0.2, 0.25) is 5.91 Å². The number of primary amides is 1. The van der Waals surface area contributed by atoms with Crippen LogP contribution in [0.5, 0.6) is 0 Å². The van der Waals surface area contributed by atoms with Gasteiger partial charge in [-0.1, -0.05) is 18.3 Å². The minimum atomic E-state index is -0.298. The van der Waals surface area contributed by atoms with Crippen LogP contribution in [0.3, 0.4) is 0 Å². The lowest BCUT2D eigenvalue weighted by Gasteiger charge is -2.36. The first-order chi connectivity index (χ1) is 9.02. The maximum absolute atomic E-state index is 11.6. The highest BCUT2D eigenvalue weighted by molar-refractivity contribution is 9.10. The van der Waals surface area contributed by atoms with E-state index >= 15 is 0 Å². The summed E-state index contributed by atoms with van der Waals surface area (Å²) in [5.41, 5.74) is 13.0. The van der Waals surface area contributed by atoms with Crippen molar-refractivity contribution in [3.05, 3.63) is 28.2 Å². The van der Waals surface area contributed by atoms with E-state index in [-0.39, 0.29) is 11.9 Å². The molecule has 0 radical (unpaired) electrons. The number of piperidine rings is 1. The number of nitrogens with zero attached hydrogens (tertiary/aromatic N) is 1. The zero-order valence-electron chi connectivity index (χ0n) is 10.4. The highest BCUT2D eigenvalue weighted by atomic mass is 79.9. The number of carbonyl (C=O) groups is 1. The predicted molar refractivity (Wildman–Crippen MR) is 84.2 cm³/mol. The molecule has 1 aliphatic heterocycles. The van der Waals surface area contributed by atoms with Gasteiger partial charge in [0.25, 0.3) is 0 Å². The standard InChI is InChI=1S/C13H16BrN3OS/c14-8-4-3-6-9(11(8)13(16)19)17-7-2-1-5-10(17)12(15)18/h3-4,6,10H,1-2,5,7H2,(H2,15,18)(H2,16,19). The van der Waals surface area contributed by atoms with Gasteiger partial charge < -0.3 is 16.4 Å². The number of carbonyl (C=O) groups excluding carboxylic acids is 1. The van der Waals surface area contributed by atoms with Crippen LogP contribution in [0.4, 0.5) is 5.69 Å². The number of benzene rings is 1. The molecule has 1 heterocycles. The monoisotopic (exact) mass is 341 g/mol. The van der Waals surface area contributed by atoms with Crippen LogP contribution in [0.25, 0.3) is 0 Å². The molecule has 0 aliphatic carbocycles. The van der Waals surface area contributed by atoms with E-state index in [0.29, 0.717) is 4.99 Å². The van der Waals surface area contributed by atoms with Crippen LogP contribution in [0.2, 0.25) is 0 Å². The van der Waals surface area contributed by atoms with Gasteiger partial charge in [-0.2, -0.15) is 0 Å². The number of halogens is 1. The second-order valence-electron chi connectivity index (χ2n) is 4.61. The van der Waals surface area contributed by atoms with E-state index in [9.17, 15) is 4.79 Å². The number of hydrogen-bond donors (Lipinski definition) is 2. The maximum Gasteiger partial charge on any atom is 0.240 e. The third-order valence-electron chi connectivity index (χ3n) is 3.38. The Hall–Kier alpha value is -1.14. The average Bonchev–Trinajstić information content (AvgIpc) is 2.37. The minimum absolute atomic E-state index is 0.281. The highest BCUT2D eigenvalue weighted by Crippen LogP contribution is 2.32. The molecule has 1 unspecified atom stereocenters. The van der Waals surface area contributed by atoms with Crippen molar-refractivity contribution in [2.24, 2.45) is 11.5 Å². The molecule has 1 aliphatic rings. The minimum Gasteiger partial charge on any atom is -0.389 e. The molecule has 1 fully saturated rings. The first-order valence-corrected chi connectivity index (χ1v) is 7.36. The summed E-state index contributed by atoms with van der Waals surface area (Å²) in [6.07, 6.45) is 2.83. The van der Waals surface area contributed by atoms with Gasteiger partial charge in [0.05, 0.1) is 0 Å². The maximum atomic E-state index is 11.6. The molecular weight excluding hydrogens is 326 g/mol. The van der Waals surface area contributed by atoms with Crippen molar-refractivity contribution >= 4 is 44.7 Å². The van der Waals surface area contributed by atoms with Crippen LogP contribution in [0, 0.1) is 0 Å². The molecule has 0 aromatic heterocycles. The molecule has 1 aromatic rings. The van der Waals surface area contributed by atoms with Crippen molar-refractivity contribution < 1.29 is 4.79 Å². The normalized spacial score (nSPS) is 19.2. The molecule has 1 aromatic carbocycles. The van der Waals surface area contributed by atoms with Crippen molar-refractivity contribution in [3.8, 4) is 0 Å². The van der Waals surface area contributed by atoms with Crippen molar-refractivity contribution in [3.63, 3.8) is 0 Å². The van der Waals surface area contributed by atoms with Crippen LogP contribution in [0.15, 0.2) is 22.7 Å². The number of amides is 1. The van der Waals surface area contributed by atoms with E-state index in [2.05, 4.69) is 15.9 Å². The topological polar surface area (TPSA) is 72.4 Å².